The highest BCUT2D eigenvalue weighted by atomic mass is 19.4. The molecule has 90 valence electrons. The summed E-state index contributed by atoms with van der Waals surface area (Å²) in [5.74, 6) is 0.255. The highest BCUT2D eigenvalue weighted by Crippen LogP contribution is 2.30. The maximum absolute atomic E-state index is 12.1. The van der Waals surface area contributed by atoms with Crippen molar-refractivity contribution < 1.29 is 18.3 Å². The standard InChI is InChI=1S/C10H18F3NO/c11-10(12,13)9(15)8(14)6-7-4-2-1-3-5-7/h7-9,15H,1-6,14H2/t8-,9+/m1/s1. The van der Waals surface area contributed by atoms with Crippen molar-refractivity contribution in [2.75, 3.05) is 0 Å². The van der Waals surface area contributed by atoms with E-state index in [-0.39, 0.29) is 12.3 Å². The van der Waals surface area contributed by atoms with Crippen molar-refractivity contribution in [3.63, 3.8) is 0 Å². The Labute approximate surface area is 87.6 Å². The van der Waals surface area contributed by atoms with Gasteiger partial charge in [-0.1, -0.05) is 32.1 Å². The van der Waals surface area contributed by atoms with E-state index in [0.717, 1.165) is 32.1 Å². The van der Waals surface area contributed by atoms with E-state index in [9.17, 15) is 13.2 Å². The van der Waals surface area contributed by atoms with Gasteiger partial charge in [0.1, 0.15) is 0 Å². The monoisotopic (exact) mass is 225 g/mol. The van der Waals surface area contributed by atoms with Crippen LogP contribution in [-0.2, 0) is 0 Å². The Morgan fingerprint density at radius 1 is 1.20 bits per heavy atom. The van der Waals surface area contributed by atoms with Crippen LogP contribution in [0.1, 0.15) is 38.5 Å². The Hall–Kier alpha value is -0.290. The average Bonchev–Trinajstić information content (AvgIpc) is 2.16. The molecule has 2 atom stereocenters. The normalized spacial score (nSPS) is 23.8. The predicted octanol–water partition coefficient (Wildman–Crippen LogP) is 2.21. The summed E-state index contributed by atoms with van der Waals surface area (Å²) in [4.78, 5) is 0. The molecule has 0 aromatic rings. The smallest absolute Gasteiger partial charge is 0.382 e. The first-order valence-electron chi connectivity index (χ1n) is 5.41. The number of alkyl halides is 3. The molecule has 0 heterocycles. The van der Waals surface area contributed by atoms with E-state index in [4.69, 9.17) is 10.8 Å². The molecule has 0 spiro atoms. The van der Waals surface area contributed by atoms with Crippen LogP contribution in [-0.4, -0.2) is 23.4 Å². The fourth-order valence-corrected chi connectivity index (χ4v) is 2.18. The molecule has 1 aliphatic carbocycles. The summed E-state index contributed by atoms with van der Waals surface area (Å²) in [6, 6.07) is -1.17. The zero-order valence-electron chi connectivity index (χ0n) is 8.63. The van der Waals surface area contributed by atoms with Gasteiger partial charge in [-0.05, 0) is 12.3 Å². The second-order valence-corrected chi connectivity index (χ2v) is 4.39. The van der Waals surface area contributed by atoms with Gasteiger partial charge >= 0.3 is 6.18 Å². The summed E-state index contributed by atoms with van der Waals surface area (Å²) in [6.45, 7) is 0. The van der Waals surface area contributed by atoms with Gasteiger partial charge in [0.05, 0.1) is 0 Å². The molecule has 2 nitrogen and oxygen atoms in total. The molecule has 0 aromatic heterocycles. The molecule has 1 fully saturated rings. The molecule has 1 aliphatic rings. The van der Waals surface area contributed by atoms with Gasteiger partial charge in [-0.25, -0.2) is 0 Å². The SMILES string of the molecule is N[C@H](CC1CCCCC1)[C@H](O)C(F)(F)F. The van der Waals surface area contributed by atoms with Crippen LogP contribution in [0.15, 0.2) is 0 Å². The Morgan fingerprint density at radius 3 is 2.20 bits per heavy atom. The highest BCUT2D eigenvalue weighted by molar-refractivity contribution is 4.81. The summed E-state index contributed by atoms with van der Waals surface area (Å²) in [6.07, 6.45) is -1.50. The van der Waals surface area contributed by atoms with E-state index in [2.05, 4.69) is 0 Å². The molecular weight excluding hydrogens is 207 g/mol. The molecule has 15 heavy (non-hydrogen) atoms. The third-order valence-corrected chi connectivity index (χ3v) is 3.07. The molecule has 0 radical (unpaired) electrons. The Balaban J connectivity index is 2.36. The summed E-state index contributed by atoms with van der Waals surface area (Å²) in [7, 11) is 0. The van der Waals surface area contributed by atoms with E-state index < -0.39 is 18.3 Å². The molecule has 0 aromatic carbocycles. The topological polar surface area (TPSA) is 46.2 Å². The molecule has 0 bridgehead atoms. The lowest BCUT2D eigenvalue weighted by Crippen LogP contribution is -2.46. The van der Waals surface area contributed by atoms with Crippen molar-refractivity contribution in [1.29, 1.82) is 0 Å². The number of halogens is 3. The first-order valence-corrected chi connectivity index (χ1v) is 5.41. The van der Waals surface area contributed by atoms with Crippen molar-refractivity contribution in [1.82, 2.24) is 0 Å². The number of hydrogen-bond donors (Lipinski definition) is 2. The highest BCUT2D eigenvalue weighted by Gasteiger charge is 2.42. The maximum atomic E-state index is 12.1. The number of nitrogens with two attached hydrogens (primary N) is 1. The largest absolute Gasteiger partial charge is 0.415 e. The van der Waals surface area contributed by atoms with Gasteiger partial charge in [0.15, 0.2) is 6.10 Å². The lowest BCUT2D eigenvalue weighted by atomic mass is 9.84. The van der Waals surface area contributed by atoms with E-state index in [0.29, 0.717) is 0 Å². The van der Waals surface area contributed by atoms with E-state index in [1.807, 2.05) is 0 Å². The van der Waals surface area contributed by atoms with Crippen molar-refractivity contribution in [2.24, 2.45) is 11.7 Å². The lowest BCUT2D eigenvalue weighted by molar-refractivity contribution is -0.210. The molecule has 0 saturated heterocycles. The third-order valence-electron chi connectivity index (χ3n) is 3.07. The van der Waals surface area contributed by atoms with Crippen LogP contribution >= 0.6 is 0 Å². The molecule has 1 rings (SSSR count). The van der Waals surface area contributed by atoms with Crippen LogP contribution in [0.25, 0.3) is 0 Å². The van der Waals surface area contributed by atoms with Crippen molar-refractivity contribution in [3.8, 4) is 0 Å². The fraction of sp³-hybridized carbons (Fsp3) is 1.00. The maximum Gasteiger partial charge on any atom is 0.415 e. The van der Waals surface area contributed by atoms with Gasteiger partial charge in [0, 0.05) is 6.04 Å². The number of rotatable bonds is 3. The van der Waals surface area contributed by atoms with Crippen molar-refractivity contribution in [2.45, 2.75) is 56.8 Å². The van der Waals surface area contributed by atoms with Crippen LogP contribution in [0.3, 0.4) is 0 Å². The molecule has 0 aliphatic heterocycles. The Bertz CT molecular complexity index is 190. The minimum absolute atomic E-state index is 0.255. The predicted molar refractivity (Wildman–Crippen MR) is 51.2 cm³/mol. The Kier molecular flexibility index (Phi) is 4.40. The van der Waals surface area contributed by atoms with Gasteiger partial charge in [0.25, 0.3) is 0 Å². The van der Waals surface area contributed by atoms with E-state index >= 15 is 0 Å². The van der Waals surface area contributed by atoms with Gasteiger partial charge in [0.2, 0.25) is 0 Å². The minimum Gasteiger partial charge on any atom is -0.382 e. The summed E-state index contributed by atoms with van der Waals surface area (Å²) in [5, 5.41) is 8.93. The molecular formula is C10H18F3NO. The fourth-order valence-electron chi connectivity index (χ4n) is 2.18. The Morgan fingerprint density at radius 2 is 1.73 bits per heavy atom. The zero-order valence-corrected chi connectivity index (χ0v) is 8.63. The first-order chi connectivity index (χ1) is 6.91. The van der Waals surface area contributed by atoms with Crippen LogP contribution in [0, 0.1) is 5.92 Å². The number of hydrogen-bond acceptors (Lipinski definition) is 2. The van der Waals surface area contributed by atoms with Crippen molar-refractivity contribution >= 4 is 0 Å². The van der Waals surface area contributed by atoms with Gasteiger partial charge in [-0.15, -0.1) is 0 Å². The molecule has 3 N–H and O–H groups in total. The molecule has 0 amide bonds. The second-order valence-electron chi connectivity index (χ2n) is 4.39. The summed E-state index contributed by atoms with van der Waals surface area (Å²) in [5.41, 5.74) is 5.36. The van der Waals surface area contributed by atoms with E-state index in [1.165, 1.54) is 0 Å². The van der Waals surface area contributed by atoms with Gasteiger partial charge in [-0.3, -0.25) is 0 Å². The minimum atomic E-state index is -4.59. The van der Waals surface area contributed by atoms with Gasteiger partial charge in [-0.2, -0.15) is 13.2 Å². The average molecular weight is 225 g/mol. The number of aliphatic hydroxyl groups is 1. The molecule has 5 heteroatoms. The molecule has 1 saturated carbocycles. The van der Waals surface area contributed by atoms with E-state index in [1.54, 1.807) is 0 Å². The van der Waals surface area contributed by atoms with Crippen molar-refractivity contribution in [3.05, 3.63) is 0 Å². The van der Waals surface area contributed by atoms with Crippen LogP contribution in [0.2, 0.25) is 0 Å². The molecule has 0 unspecified atom stereocenters. The second kappa shape index (κ2) is 5.16. The third kappa shape index (κ3) is 3.99. The quantitative estimate of drug-likeness (QED) is 0.773. The summed E-state index contributed by atoms with van der Waals surface area (Å²) >= 11 is 0. The first kappa shape index (κ1) is 12.8. The van der Waals surface area contributed by atoms with Crippen LogP contribution < -0.4 is 5.73 Å². The van der Waals surface area contributed by atoms with Crippen LogP contribution in [0.5, 0.6) is 0 Å². The lowest BCUT2D eigenvalue weighted by Gasteiger charge is -2.27. The van der Waals surface area contributed by atoms with Gasteiger partial charge < -0.3 is 10.8 Å². The number of aliphatic hydroxyl groups excluding tert-OH is 1. The summed E-state index contributed by atoms with van der Waals surface area (Å²) < 4.78 is 36.4. The van der Waals surface area contributed by atoms with Crippen LogP contribution in [0.4, 0.5) is 13.2 Å². The zero-order chi connectivity index (χ0) is 11.5.